The van der Waals surface area contributed by atoms with E-state index in [9.17, 15) is 9.59 Å². The number of carboxylic acid groups (broad SMARTS) is 1. The average Bonchev–Trinajstić information content (AvgIpc) is 2.80. The lowest BCUT2D eigenvalue weighted by atomic mass is 9.92. The molecule has 108 valence electrons. The summed E-state index contributed by atoms with van der Waals surface area (Å²) in [5.41, 5.74) is 5.37. The second kappa shape index (κ2) is 5.88. The van der Waals surface area contributed by atoms with Crippen molar-refractivity contribution in [1.29, 1.82) is 0 Å². The van der Waals surface area contributed by atoms with Crippen LogP contribution in [0.15, 0.2) is 0 Å². The van der Waals surface area contributed by atoms with Crippen molar-refractivity contribution in [2.24, 2.45) is 11.7 Å². The van der Waals surface area contributed by atoms with Crippen LogP contribution in [-0.4, -0.2) is 53.2 Å². The number of hydrogen-bond donors (Lipinski definition) is 2. The molecule has 1 amide bonds. The van der Waals surface area contributed by atoms with Crippen LogP contribution < -0.4 is 5.73 Å². The Morgan fingerprint density at radius 3 is 2.63 bits per heavy atom. The fourth-order valence-electron chi connectivity index (χ4n) is 2.95. The highest BCUT2D eigenvalue weighted by Crippen LogP contribution is 2.26. The number of amides is 1. The highest BCUT2D eigenvalue weighted by atomic mass is 16.5. The molecule has 2 aliphatic heterocycles. The van der Waals surface area contributed by atoms with E-state index in [1.54, 1.807) is 0 Å². The molecule has 3 N–H and O–H groups in total. The molecule has 2 aliphatic rings. The van der Waals surface area contributed by atoms with Crippen molar-refractivity contribution < 1.29 is 19.4 Å². The Labute approximate surface area is 112 Å². The van der Waals surface area contributed by atoms with Gasteiger partial charge in [-0.3, -0.25) is 9.69 Å². The van der Waals surface area contributed by atoms with Crippen LogP contribution in [-0.2, 0) is 14.3 Å². The van der Waals surface area contributed by atoms with E-state index in [1.165, 1.54) is 0 Å². The molecule has 0 aromatic rings. The molecule has 0 spiro atoms. The Kier molecular flexibility index (Phi) is 4.42. The number of carboxylic acids is 1. The van der Waals surface area contributed by atoms with E-state index in [2.05, 4.69) is 11.8 Å². The van der Waals surface area contributed by atoms with E-state index in [1.807, 2.05) is 0 Å². The van der Waals surface area contributed by atoms with Gasteiger partial charge in [0.1, 0.15) is 0 Å². The van der Waals surface area contributed by atoms with Gasteiger partial charge in [-0.25, -0.2) is 4.79 Å². The first kappa shape index (κ1) is 14.3. The van der Waals surface area contributed by atoms with Gasteiger partial charge in [0.15, 0.2) is 6.10 Å². The molecule has 0 bridgehead atoms. The Morgan fingerprint density at radius 2 is 2.05 bits per heavy atom. The van der Waals surface area contributed by atoms with E-state index in [0.29, 0.717) is 25.6 Å². The van der Waals surface area contributed by atoms with Crippen LogP contribution in [0.3, 0.4) is 0 Å². The summed E-state index contributed by atoms with van der Waals surface area (Å²) >= 11 is 0. The summed E-state index contributed by atoms with van der Waals surface area (Å²) in [6.07, 6.45) is 2.41. The molecule has 0 aliphatic carbocycles. The molecule has 0 radical (unpaired) electrons. The zero-order valence-corrected chi connectivity index (χ0v) is 11.2. The van der Waals surface area contributed by atoms with Gasteiger partial charge in [0.25, 0.3) is 0 Å². The van der Waals surface area contributed by atoms with E-state index in [-0.39, 0.29) is 17.9 Å². The third kappa shape index (κ3) is 3.45. The highest BCUT2D eigenvalue weighted by Gasteiger charge is 2.35. The zero-order chi connectivity index (χ0) is 14.0. The largest absolute Gasteiger partial charge is 0.479 e. The molecule has 2 heterocycles. The number of ether oxygens (including phenoxy) is 1. The first-order valence-corrected chi connectivity index (χ1v) is 6.89. The number of piperidine rings is 1. The molecule has 2 rings (SSSR count). The van der Waals surface area contributed by atoms with Gasteiger partial charge in [-0.15, -0.1) is 0 Å². The predicted octanol–water partition coefficient (Wildman–Crippen LogP) is 0.204. The molecule has 2 saturated heterocycles. The molecule has 6 nitrogen and oxygen atoms in total. The topological polar surface area (TPSA) is 92.9 Å². The Bertz CT molecular complexity index is 361. The lowest BCUT2D eigenvalue weighted by Gasteiger charge is -2.38. The van der Waals surface area contributed by atoms with Crippen LogP contribution in [0.25, 0.3) is 0 Å². The van der Waals surface area contributed by atoms with Crippen LogP contribution in [0.2, 0.25) is 0 Å². The minimum atomic E-state index is -0.885. The molecule has 19 heavy (non-hydrogen) atoms. The number of carbonyl (C=O) groups is 2. The maximum atomic E-state index is 11.3. The van der Waals surface area contributed by atoms with Crippen LogP contribution >= 0.6 is 0 Å². The quantitative estimate of drug-likeness (QED) is 0.761. The fourth-order valence-corrected chi connectivity index (χ4v) is 2.95. The summed E-state index contributed by atoms with van der Waals surface area (Å²) in [4.78, 5) is 24.3. The predicted molar refractivity (Wildman–Crippen MR) is 68.5 cm³/mol. The van der Waals surface area contributed by atoms with Gasteiger partial charge < -0.3 is 15.6 Å². The highest BCUT2D eigenvalue weighted by molar-refractivity contribution is 5.77. The summed E-state index contributed by atoms with van der Waals surface area (Å²) < 4.78 is 5.51. The summed E-state index contributed by atoms with van der Waals surface area (Å²) in [5, 5.41) is 8.90. The number of aliphatic carboxylic acids is 1. The molecular formula is C13H22N2O4. The van der Waals surface area contributed by atoms with Crippen molar-refractivity contribution >= 4 is 11.9 Å². The first-order chi connectivity index (χ1) is 8.97. The summed E-state index contributed by atoms with van der Waals surface area (Å²) in [6, 6.07) is 0.392. The molecule has 2 fully saturated rings. The van der Waals surface area contributed by atoms with Crippen molar-refractivity contribution in [3.63, 3.8) is 0 Å². The van der Waals surface area contributed by atoms with E-state index in [4.69, 9.17) is 15.6 Å². The van der Waals surface area contributed by atoms with Gasteiger partial charge in [0, 0.05) is 19.1 Å². The van der Waals surface area contributed by atoms with Gasteiger partial charge in [-0.1, -0.05) is 0 Å². The summed E-state index contributed by atoms with van der Waals surface area (Å²) in [5.74, 6) is -1.22. The van der Waals surface area contributed by atoms with Crippen molar-refractivity contribution in [3.8, 4) is 0 Å². The van der Waals surface area contributed by atoms with Crippen LogP contribution in [0.4, 0.5) is 0 Å². The summed E-state index contributed by atoms with van der Waals surface area (Å²) in [6.45, 7) is 3.48. The van der Waals surface area contributed by atoms with Gasteiger partial charge in [-0.05, 0) is 32.6 Å². The molecule has 4 atom stereocenters. The summed E-state index contributed by atoms with van der Waals surface area (Å²) in [7, 11) is 0. The first-order valence-electron chi connectivity index (χ1n) is 6.89. The number of nitrogens with zero attached hydrogens (tertiary/aromatic N) is 1. The van der Waals surface area contributed by atoms with Crippen LogP contribution in [0.5, 0.6) is 0 Å². The lowest BCUT2D eigenvalue weighted by Crippen LogP contribution is -2.48. The van der Waals surface area contributed by atoms with Crippen molar-refractivity contribution in [2.75, 3.05) is 13.1 Å². The maximum absolute atomic E-state index is 11.3. The Morgan fingerprint density at radius 1 is 1.32 bits per heavy atom. The van der Waals surface area contributed by atoms with E-state index < -0.39 is 12.1 Å². The minimum Gasteiger partial charge on any atom is -0.479 e. The fraction of sp³-hybridized carbons (Fsp3) is 0.846. The van der Waals surface area contributed by atoms with Crippen molar-refractivity contribution in [2.45, 2.75) is 50.9 Å². The molecule has 4 unspecified atom stereocenters. The zero-order valence-electron chi connectivity index (χ0n) is 11.2. The minimum absolute atomic E-state index is 0.0461. The number of nitrogens with two attached hydrogens (primary N) is 1. The van der Waals surface area contributed by atoms with E-state index in [0.717, 1.165) is 19.3 Å². The van der Waals surface area contributed by atoms with Gasteiger partial charge >= 0.3 is 5.97 Å². The molecule has 0 aromatic heterocycles. The third-order valence-corrected chi connectivity index (χ3v) is 4.23. The van der Waals surface area contributed by atoms with Crippen molar-refractivity contribution in [1.82, 2.24) is 4.90 Å². The third-order valence-electron chi connectivity index (χ3n) is 4.23. The number of likely N-dealkylation sites (tertiary alicyclic amines) is 1. The number of hydrogen-bond acceptors (Lipinski definition) is 4. The van der Waals surface area contributed by atoms with Gasteiger partial charge in [0.05, 0.1) is 12.0 Å². The average molecular weight is 270 g/mol. The smallest absolute Gasteiger partial charge is 0.332 e. The lowest BCUT2D eigenvalue weighted by molar-refractivity contribution is -0.149. The molecular weight excluding hydrogens is 248 g/mol. The molecule has 6 heteroatoms. The SMILES string of the molecule is CC1CCC(C(N)=O)CN1CC1CCC(C(=O)O)O1. The molecule has 0 saturated carbocycles. The van der Waals surface area contributed by atoms with Crippen molar-refractivity contribution in [3.05, 3.63) is 0 Å². The number of carbonyl (C=O) groups excluding carboxylic acids is 1. The maximum Gasteiger partial charge on any atom is 0.332 e. The number of primary amides is 1. The standard InChI is InChI=1S/C13H22N2O4/c1-8-2-3-9(12(14)16)6-15(8)7-10-4-5-11(19-10)13(17)18/h8-11H,2-7H2,1H3,(H2,14,16)(H,17,18). The van der Waals surface area contributed by atoms with Crippen LogP contribution in [0, 0.1) is 5.92 Å². The van der Waals surface area contributed by atoms with Gasteiger partial charge in [-0.2, -0.15) is 0 Å². The second-order valence-corrected chi connectivity index (χ2v) is 5.64. The van der Waals surface area contributed by atoms with E-state index >= 15 is 0 Å². The second-order valence-electron chi connectivity index (χ2n) is 5.64. The monoisotopic (exact) mass is 270 g/mol. The number of rotatable bonds is 4. The molecule has 0 aromatic carbocycles. The Balaban J connectivity index is 1.87. The Hall–Kier alpha value is -1.14. The van der Waals surface area contributed by atoms with Crippen LogP contribution in [0.1, 0.15) is 32.6 Å². The normalized spacial score (nSPS) is 36.3. The van der Waals surface area contributed by atoms with Gasteiger partial charge in [0.2, 0.25) is 5.91 Å².